The van der Waals surface area contributed by atoms with E-state index in [1.165, 1.54) is 0 Å². The molecule has 1 saturated heterocycles. The first-order chi connectivity index (χ1) is 14.0. The lowest BCUT2D eigenvalue weighted by Crippen LogP contribution is -2.36. The maximum Gasteiger partial charge on any atom is 0.290 e. The maximum atomic E-state index is 13.1. The fourth-order valence-electron chi connectivity index (χ4n) is 4.14. The molecule has 1 N–H and O–H groups in total. The van der Waals surface area contributed by atoms with E-state index in [-0.39, 0.29) is 17.5 Å². The molecular formula is C23H26N4O2. The molecule has 0 saturated carbocycles. The number of anilines is 1. The summed E-state index contributed by atoms with van der Waals surface area (Å²) in [6, 6.07) is 9.60. The van der Waals surface area contributed by atoms with Crippen LogP contribution < -0.4 is 5.32 Å². The molecule has 0 unspecified atom stereocenters. The summed E-state index contributed by atoms with van der Waals surface area (Å²) in [6.07, 6.45) is 4.95. The molecule has 1 fully saturated rings. The Bertz CT molecular complexity index is 1070. The van der Waals surface area contributed by atoms with Crippen molar-refractivity contribution in [1.82, 2.24) is 14.3 Å². The highest BCUT2D eigenvalue weighted by molar-refractivity contribution is 6.09. The fourth-order valence-corrected chi connectivity index (χ4v) is 4.14. The van der Waals surface area contributed by atoms with Crippen LogP contribution in [0.4, 0.5) is 5.69 Å². The molecule has 0 spiro atoms. The van der Waals surface area contributed by atoms with Crippen LogP contribution in [0.3, 0.4) is 0 Å². The highest BCUT2D eigenvalue weighted by atomic mass is 16.2. The van der Waals surface area contributed by atoms with Crippen molar-refractivity contribution in [2.24, 2.45) is 0 Å². The summed E-state index contributed by atoms with van der Waals surface area (Å²) in [5.74, 6) is -0.126. The summed E-state index contributed by atoms with van der Waals surface area (Å²) in [5.41, 5.74) is 4.85. The number of carbonyl (C=O) groups is 2. The van der Waals surface area contributed by atoms with Crippen LogP contribution in [0.15, 0.2) is 36.5 Å². The fraction of sp³-hybridized carbons (Fsp3) is 0.348. The molecule has 4 rings (SSSR count). The van der Waals surface area contributed by atoms with Crippen molar-refractivity contribution in [2.45, 2.75) is 40.0 Å². The molecule has 1 aromatic carbocycles. The molecule has 0 atom stereocenters. The van der Waals surface area contributed by atoms with Gasteiger partial charge in [-0.3, -0.25) is 14.0 Å². The molecule has 29 heavy (non-hydrogen) atoms. The molecule has 3 heterocycles. The number of carbonyl (C=O) groups excluding carboxylic acids is 2. The van der Waals surface area contributed by atoms with Gasteiger partial charge in [-0.2, -0.15) is 0 Å². The zero-order valence-electron chi connectivity index (χ0n) is 17.2. The van der Waals surface area contributed by atoms with Crippen molar-refractivity contribution in [1.29, 1.82) is 0 Å². The number of piperidine rings is 1. The van der Waals surface area contributed by atoms with Crippen molar-refractivity contribution in [2.75, 3.05) is 18.4 Å². The van der Waals surface area contributed by atoms with Gasteiger partial charge in [-0.15, -0.1) is 0 Å². The second kappa shape index (κ2) is 7.70. The third-order valence-electron chi connectivity index (χ3n) is 5.51. The van der Waals surface area contributed by atoms with E-state index in [1.807, 2.05) is 56.0 Å². The van der Waals surface area contributed by atoms with Crippen LogP contribution in [0, 0.1) is 20.8 Å². The largest absolute Gasteiger partial charge is 0.336 e. The Balaban J connectivity index is 1.71. The molecule has 6 nitrogen and oxygen atoms in total. The van der Waals surface area contributed by atoms with Crippen molar-refractivity contribution in [3.8, 4) is 0 Å². The molecule has 0 bridgehead atoms. The predicted octanol–water partition coefficient (Wildman–Crippen LogP) is 4.14. The van der Waals surface area contributed by atoms with Gasteiger partial charge in [0, 0.05) is 25.0 Å². The average Bonchev–Trinajstić information content (AvgIpc) is 3.10. The molecule has 6 heteroatoms. The minimum atomic E-state index is -0.304. The number of nitrogens with zero attached hydrogens (tertiary/aromatic N) is 3. The van der Waals surface area contributed by atoms with E-state index < -0.39 is 0 Å². The summed E-state index contributed by atoms with van der Waals surface area (Å²) >= 11 is 0. The summed E-state index contributed by atoms with van der Waals surface area (Å²) in [4.78, 5) is 32.5. The zero-order chi connectivity index (χ0) is 20.5. The van der Waals surface area contributed by atoms with Gasteiger partial charge >= 0.3 is 0 Å². The Hall–Kier alpha value is -3.15. The minimum Gasteiger partial charge on any atom is -0.336 e. The van der Waals surface area contributed by atoms with Gasteiger partial charge in [0.25, 0.3) is 11.8 Å². The number of benzene rings is 1. The third kappa shape index (κ3) is 3.62. The SMILES string of the molecule is Cc1cc(C)c(NC(=O)c2nc(C(=O)N3CCCCC3)n3ccccc23)c(C)c1. The molecule has 150 valence electrons. The number of aromatic nitrogens is 2. The van der Waals surface area contributed by atoms with Crippen molar-refractivity contribution >= 4 is 23.0 Å². The van der Waals surface area contributed by atoms with E-state index >= 15 is 0 Å². The number of hydrogen-bond donors (Lipinski definition) is 1. The van der Waals surface area contributed by atoms with Crippen molar-refractivity contribution in [3.63, 3.8) is 0 Å². The van der Waals surface area contributed by atoms with E-state index in [1.54, 1.807) is 10.6 Å². The minimum absolute atomic E-state index is 0.118. The van der Waals surface area contributed by atoms with E-state index in [2.05, 4.69) is 10.3 Å². The lowest BCUT2D eigenvalue weighted by molar-refractivity contribution is 0.0711. The number of rotatable bonds is 3. The van der Waals surface area contributed by atoms with E-state index in [0.29, 0.717) is 11.3 Å². The zero-order valence-corrected chi connectivity index (χ0v) is 17.2. The summed E-state index contributed by atoms with van der Waals surface area (Å²) < 4.78 is 1.72. The van der Waals surface area contributed by atoms with Gasteiger partial charge in [0.2, 0.25) is 5.82 Å². The number of nitrogens with one attached hydrogen (secondary N) is 1. The molecule has 0 radical (unpaired) electrons. The monoisotopic (exact) mass is 390 g/mol. The Morgan fingerprint density at radius 1 is 1.00 bits per heavy atom. The molecule has 2 amide bonds. The van der Waals surface area contributed by atoms with Crippen LogP contribution in [0.25, 0.3) is 5.52 Å². The average molecular weight is 390 g/mol. The number of fused-ring (bicyclic) bond motifs is 1. The molecule has 3 aromatic rings. The molecular weight excluding hydrogens is 364 g/mol. The highest BCUT2D eigenvalue weighted by Crippen LogP contribution is 2.24. The first-order valence-electron chi connectivity index (χ1n) is 10.1. The second-order valence-electron chi connectivity index (χ2n) is 7.82. The molecule has 2 aromatic heterocycles. The van der Waals surface area contributed by atoms with Crippen LogP contribution in [-0.2, 0) is 0 Å². The number of imidazole rings is 1. The molecule has 1 aliphatic rings. The number of hydrogen-bond acceptors (Lipinski definition) is 3. The quantitative estimate of drug-likeness (QED) is 0.731. The first-order valence-corrected chi connectivity index (χ1v) is 10.1. The van der Waals surface area contributed by atoms with Gasteiger partial charge in [-0.25, -0.2) is 4.98 Å². The van der Waals surface area contributed by atoms with Crippen LogP contribution in [-0.4, -0.2) is 39.2 Å². The number of amides is 2. The number of pyridine rings is 1. The van der Waals surface area contributed by atoms with E-state index in [9.17, 15) is 9.59 Å². The Morgan fingerprint density at radius 2 is 1.69 bits per heavy atom. The van der Waals surface area contributed by atoms with Crippen molar-refractivity contribution in [3.05, 3.63) is 64.7 Å². The van der Waals surface area contributed by atoms with Crippen LogP contribution >= 0.6 is 0 Å². The Labute approximate surface area is 170 Å². The molecule has 1 aliphatic heterocycles. The predicted molar refractivity (Wildman–Crippen MR) is 114 cm³/mol. The van der Waals surface area contributed by atoms with Crippen LogP contribution in [0.2, 0.25) is 0 Å². The lowest BCUT2D eigenvalue weighted by atomic mass is 10.0. The van der Waals surface area contributed by atoms with Crippen molar-refractivity contribution < 1.29 is 9.59 Å². The third-order valence-corrected chi connectivity index (χ3v) is 5.51. The topological polar surface area (TPSA) is 66.7 Å². The van der Waals surface area contributed by atoms with Crippen LogP contribution in [0.1, 0.15) is 57.1 Å². The standard InChI is InChI=1S/C23H26N4O2/c1-15-13-16(2)19(17(3)14-15)25-22(28)20-18-9-5-8-12-27(18)21(24-20)23(29)26-10-6-4-7-11-26/h5,8-9,12-14H,4,6-7,10-11H2,1-3H3,(H,25,28). The normalized spacial score (nSPS) is 14.2. The summed E-state index contributed by atoms with van der Waals surface area (Å²) in [6.45, 7) is 7.47. The summed E-state index contributed by atoms with van der Waals surface area (Å²) in [7, 11) is 0. The maximum absolute atomic E-state index is 13.1. The Kier molecular flexibility index (Phi) is 5.09. The van der Waals surface area contributed by atoms with Gasteiger partial charge in [-0.1, -0.05) is 23.8 Å². The van der Waals surface area contributed by atoms with Gasteiger partial charge < -0.3 is 10.2 Å². The Morgan fingerprint density at radius 3 is 2.38 bits per heavy atom. The van der Waals surface area contributed by atoms with Gasteiger partial charge in [0.05, 0.1) is 5.52 Å². The smallest absolute Gasteiger partial charge is 0.290 e. The van der Waals surface area contributed by atoms with Gasteiger partial charge in [-0.05, 0) is 63.3 Å². The van der Waals surface area contributed by atoms with Crippen LogP contribution in [0.5, 0.6) is 0 Å². The van der Waals surface area contributed by atoms with E-state index in [0.717, 1.165) is 54.7 Å². The second-order valence-corrected chi connectivity index (χ2v) is 7.82. The lowest BCUT2D eigenvalue weighted by Gasteiger charge is -2.25. The van der Waals surface area contributed by atoms with Gasteiger partial charge in [0.15, 0.2) is 5.69 Å². The summed E-state index contributed by atoms with van der Waals surface area (Å²) in [5, 5.41) is 3.01. The molecule has 0 aliphatic carbocycles. The number of likely N-dealkylation sites (tertiary alicyclic amines) is 1. The number of aryl methyl sites for hydroxylation is 3. The van der Waals surface area contributed by atoms with E-state index in [4.69, 9.17) is 0 Å². The van der Waals surface area contributed by atoms with Gasteiger partial charge in [0.1, 0.15) is 0 Å². The first kappa shape index (κ1) is 19.2. The highest BCUT2D eigenvalue weighted by Gasteiger charge is 2.26.